The number of hydrogen-bond donors (Lipinski definition) is 2. The SMILES string of the molecule is C#CCC(NC(=O)c1ccccc1SC)C(=O)O. The van der Waals surface area contributed by atoms with Crippen LogP contribution in [0.3, 0.4) is 0 Å². The van der Waals surface area contributed by atoms with Gasteiger partial charge in [-0.1, -0.05) is 12.1 Å². The van der Waals surface area contributed by atoms with Crippen LogP contribution in [-0.4, -0.2) is 29.3 Å². The molecule has 1 unspecified atom stereocenters. The maximum Gasteiger partial charge on any atom is 0.327 e. The van der Waals surface area contributed by atoms with Crippen LogP contribution < -0.4 is 5.32 Å². The first-order chi connectivity index (χ1) is 8.60. The number of carboxylic acids is 1. The number of hydrogen-bond acceptors (Lipinski definition) is 3. The van der Waals surface area contributed by atoms with E-state index in [-0.39, 0.29) is 6.42 Å². The van der Waals surface area contributed by atoms with Crippen LogP contribution in [0.5, 0.6) is 0 Å². The Morgan fingerprint density at radius 2 is 2.17 bits per heavy atom. The van der Waals surface area contributed by atoms with E-state index in [0.29, 0.717) is 5.56 Å². The second-order valence-electron chi connectivity index (χ2n) is 3.47. The molecule has 1 aromatic carbocycles. The van der Waals surface area contributed by atoms with Gasteiger partial charge in [-0.15, -0.1) is 24.1 Å². The summed E-state index contributed by atoms with van der Waals surface area (Å²) in [5.41, 5.74) is 0.452. The monoisotopic (exact) mass is 263 g/mol. The first-order valence-electron chi connectivity index (χ1n) is 5.20. The third kappa shape index (κ3) is 3.54. The van der Waals surface area contributed by atoms with Gasteiger partial charge in [0.2, 0.25) is 0 Å². The van der Waals surface area contributed by atoms with Gasteiger partial charge in [0.05, 0.1) is 5.56 Å². The molecular formula is C13H13NO3S. The largest absolute Gasteiger partial charge is 0.480 e. The van der Waals surface area contributed by atoms with Crippen LogP contribution in [-0.2, 0) is 4.79 Å². The minimum Gasteiger partial charge on any atom is -0.480 e. The van der Waals surface area contributed by atoms with Crippen LogP contribution in [0.15, 0.2) is 29.2 Å². The van der Waals surface area contributed by atoms with Crippen LogP contribution >= 0.6 is 11.8 Å². The van der Waals surface area contributed by atoms with Gasteiger partial charge < -0.3 is 10.4 Å². The molecule has 0 heterocycles. The van der Waals surface area contributed by atoms with E-state index < -0.39 is 17.9 Å². The molecule has 0 spiro atoms. The normalized spacial score (nSPS) is 11.3. The summed E-state index contributed by atoms with van der Waals surface area (Å²) < 4.78 is 0. The van der Waals surface area contributed by atoms with E-state index in [4.69, 9.17) is 11.5 Å². The van der Waals surface area contributed by atoms with E-state index in [1.807, 2.05) is 12.3 Å². The third-order valence-electron chi connectivity index (χ3n) is 2.28. The van der Waals surface area contributed by atoms with E-state index >= 15 is 0 Å². The minimum absolute atomic E-state index is 0.0392. The number of rotatable bonds is 5. The van der Waals surface area contributed by atoms with Crippen molar-refractivity contribution in [1.82, 2.24) is 5.32 Å². The van der Waals surface area contributed by atoms with Crippen LogP contribution in [0.25, 0.3) is 0 Å². The van der Waals surface area contributed by atoms with Crippen molar-refractivity contribution in [2.24, 2.45) is 0 Å². The quantitative estimate of drug-likeness (QED) is 0.625. The predicted octanol–water partition coefficient (Wildman–Crippen LogP) is 1.61. The molecule has 5 heteroatoms. The topological polar surface area (TPSA) is 66.4 Å². The van der Waals surface area contributed by atoms with E-state index in [1.54, 1.807) is 18.2 Å². The van der Waals surface area contributed by atoms with E-state index in [0.717, 1.165) is 4.90 Å². The second-order valence-corrected chi connectivity index (χ2v) is 4.32. The van der Waals surface area contributed by atoms with Crippen LogP contribution in [0, 0.1) is 12.3 Å². The molecule has 0 fully saturated rings. The second kappa shape index (κ2) is 6.72. The molecule has 1 amide bonds. The molecule has 0 aromatic heterocycles. The molecule has 1 rings (SSSR count). The predicted molar refractivity (Wildman–Crippen MR) is 70.6 cm³/mol. The fourth-order valence-corrected chi connectivity index (χ4v) is 1.98. The van der Waals surface area contributed by atoms with E-state index in [1.165, 1.54) is 11.8 Å². The zero-order chi connectivity index (χ0) is 13.5. The Morgan fingerprint density at radius 1 is 1.50 bits per heavy atom. The maximum absolute atomic E-state index is 12.0. The smallest absolute Gasteiger partial charge is 0.327 e. The Balaban J connectivity index is 2.87. The summed E-state index contributed by atoms with van der Waals surface area (Å²) >= 11 is 1.42. The molecule has 1 atom stereocenters. The lowest BCUT2D eigenvalue weighted by Gasteiger charge is -2.13. The molecule has 0 aliphatic carbocycles. The fourth-order valence-electron chi connectivity index (χ4n) is 1.39. The molecule has 18 heavy (non-hydrogen) atoms. The highest BCUT2D eigenvalue weighted by atomic mass is 32.2. The lowest BCUT2D eigenvalue weighted by Crippen LogP contribution is -2.40. The number of nitrogens with one attached hydrogen (secondary N) is 1. The van der Waals surface area contributed by atoms with Crippen LogP contribution in [0.4, 0.5) is 0 Å². The Hall–Kier alpha value is -1.93. The molecule has 0 aliphatic heterocycles. The number of amides is 1. The average molecular weight is 263 g/mol. The van der Waals surface area contributed by atoms with Crippen molar-refractivity contribution < 1.29 is 14.7 Å². The maximum atomic E-state index is 12.0. The number of carboxylic acid groups (broad SMARTS) is 1. The Bertz CT molecular complexity index is 493. The zero-order valence-electron chi connectivity index (χ0n) is 9.84. The Morgan fingerprint density at radius 3 is 2.72 bits per heavy atom. The number of carbonyl (C=O) groups excluding carboxylic acids is 1. The molecule has 0 bridgehead atoms. The average Bonchev–Trinajstić information content (AvgIpc) is 2.37. The summed E-state index contributed by atoms with van der Waals surface area (Å²) in [4.78, 5) is 23.6. The summed E-state index contributed by atoms with van der Waals surface area (Å²) in [7, 11) is 0. The van der Waals surface area contributed by atoms with Gasteiger partial charge in [0.1, 0.15) is 6.04 Å². The molecule has 0 saturated carbocycles. The lowest BCUT2D eigenvalue weighted by molar-refractivity contribution is -0.139. The number of carbonyl (C=O) groups is 2. The Kier molecular flexibility index (Phi) is 5.28. The van der Waals surface area contributed by atoms with Gasteiger partial charge in [-0.05, 0) is 18.4 Å². The van der Waals surface area contributed by atoms with Crippen molar-refractivity contribution in [3.8, 4) is 12.3 Å². The molecule has 0 radical (unpaired) electrons. The van der Waals surface area contributed by atoms with Crippen LogP contribution in [0.1, 0.15) is 16.8 Å². The standard InChI is InChI=1S/C13H13NO3S/c1-3-6-10(13(16)17)14-12(15)9-7-4-5-8-11(9)18-2/h1,4-5,7-8,10H,6H2,2H3,(H,14,15)(H,16,17). The summed E-state index contributed by atoms with van der Waals surface area (Å²) in [6, 6.07) is 5.94. The summed E-state index contributed by atoms with van der Waals surface area (Å²) in [6.45, 7) is 0. The molecule has 94 valence electrons. The number of terminal acetylenes is 1. The van der Waals surface area contributed by atoms with E-state index in [9.17, 15) is 9.59 Å². The highest BCUT2D eigenvalue weighted by molar-refractivity contribution is 7.98. The summed E-state index contributed by atoms with van der Waals surface area (Å²) in [6.07, 6.45) is 6.88. The first kappa shape index (κ1) is 14.1. The molecule has 2 N–H and O–H groups in total. The minimum atomic E-state index is -1.14. The molecule has 0 aliphatic rings. The highest BCUT2D eigenvalue weighted by Gasteiger charge is 2.20. The Labute approximate surface area is 110 Å². The van der Waals surface area contributed by atoms with Crippen molar-refractivity contribution in [3.05, 3.63) is 29.8 Å². The van der Waals surface area contributed by atoms with Gasteiger partial charge in [0, 0.05) is 11.3 Å². The van der Waals surface area contributed by atoms with Gasteiger partial charge in [0.15, 0.2) is 0 Å². The van der Waals surface area contributed by atoms with E-state index in [2.05, 4.69) is 11.2 Å². The van der Waals surface area contributed by atoms with Gasteiger partial charge in [-0.3, -0.25) is 4.79 Å². The van der Waals surface area contributed by atoms with Crippen molar-refractivity contribution >= 4 is 23.6 Å². The zero-order valence-corrected chi connectivity index (χ0v) is 10.7. The number of benzene rings is 1. The van der Waals surface area contributed by atoms with Crippen molar-refractivity contribution in [3.63, 3.8) is 0 Å². The van der Waals surface area contributed by atoms with Gasteiger partial charge in [-0.25, -0.2) is 4.79 Å². The summed E-state index contributed by atoms with van der Waals surface area (Å²) in [5, 5.41) is 11.3. The van der Waals surface area contributed by atoms with Gasteiger partial charge in [0.25, 0.3) is 5.91 Å². The highest BCUT2D eigenvalue weighted by Crippen LogP contribution is 2.19. The van der Waals surface area contributed by atoms with Gasteiger partial charge >= 0.3 is 5.97 Å². The van der Waals surface area contributed by atoms with Crippen molar-refractivity contribution in [2.75, 3.05) is 6.26 Å². The molecule has 0 saturated heterocycles. The molecule has 4 nitrogen and oxygen atoms in total. The van der Waals surface area contributed by atoms with Crippen LogP contribution in [0.2, 0.25) is 0 Å². The third-order valence-corrected chi connectivity index (χ3v) is 3.07. The fraction of sp³-hybridized carbons (Fsp3) is 0.231. The molecular weight excluding hydrogens is 250 g/mol. The summed E-state index contributed by atoms with van der Waals surface area (Å²) in [5.74, 6) is 0.669. The number of thioether (sulfide) groups is 1. The van der Waals surface area contributed by atoms with Crippen molar-refractivity contribution in [2.45, 2.75) is 17.4 Å². The first-order valence-corrected chi connectivity index (χ1v) is 6.42. The van der Waals surface area contributed by atoms with Gasteiger partial charge in [-0.2, -0.15) is 0 Å². The number of aliphatic carboxylic acids is 1. The van der Waals surface area contributed by atoms with Crippen molar-refractivity contribution in [1.29, 1.82) is 0 Å². The molecule has 1 aromatic rings. The lowest BCUT2D eigenvalue weighted by atomic mass is 10.1.